The van der Waals surface area contributed by atoms with E-state index < -0.39 is 0 Å². The molecule has 0 aliphatic rings. The molecule has 0 aromatic heterocycles. The Bertz CT molecular complexity index is 586. The van der Waals surface area contributed by atoms with Gasteiger partial charge in [-0.15, -0.1) is 0 Å². The minimum absolute atomic E-state index is 0.182. The molecule has 0 aliphatic carbocycles. The summed E-state index contributed by atoms with van der Waals surface area (Å²) in [6.45, 7) is 0. The van der Waals surface area contributed by atoms with Gasteiger partial charge in [-0.2, -0.15) is 0 Å². The number of Topliss-reactive ketones (excluding diaryl/α,β-unsaturated/α-hetero) is 1. The van der Waals surface area contributed by atoms with Gasteiger partial charge in [0.15, 0.2) is 0 Å². The average molecular weight is 273 g/mol. The maximum atomic E-state index is 12.0. The number of methoxy groups -OCH3 is 1. The van der Waals surface area contributed by atoms with E-state index in [9.17, 15) is 4.79 Å². The molecule has 3 heteroatoms. The summed E-state index contributed by atoms with van der Waals surface area (Å²) >= 11 is 6.05. The molecule has 19 heavy (non-hydrogen) atoms. The Balaban J connectivity index is 2.20. The molecule has 0 atom stereocenters. The van der Waals surface area contributed by atoms with Crippen molar-refractivity contribution >= 4 is 23.5 Å². The van der Waals surface area contributed by atoms with Gasteiger partial charge in [-0.05, 0) is 23.8 Å². The highest BCUT2D eigenvalue weighted by Crippen LogP contribution is 2.18. The van der Waals surface area contributed by atoms with Crippen LogP contribution in [0.25, 0.3) is 6.08 Å². The van der Waals surface area contributed by atoms with Gasteiger partial charge < -0.3 is 4.74 Å². The summed E-state index contributed by atoms with van der Waals surface area (Å²) < 4.78 is 5.07. The molecule has 0 aliphatic heterocycles. The maximum absolute atomic E-state index is 12.0. The lowest BCUT2D eigenvalue weighted by molar-refractivity contribution is 0.104. The highest BCUT2D eigenvalue weighted by atomic mass is 35.5. The van der Waals surface area contributed by atoms with Gasteiger partial charge in [0.2, 0.25) is 5.78 Å². The number of hydrogen-bond donors (Lipinski definition) is 0. The molecular formula is C16H13ClO2. The van der Waals surface area contributed by atoms with E-state index in [1.54, 1.807) is 25.3 Å². The quantitative estimate of drug-likeness (QED) is 0.617. The molecule has 0 fully saturated rings. The van der Waals surface area contributed by atoms with Crippen molar-refractivity contribution in [1.82, 2.24) is 0 Å². The summed E-state index contributed by atoms with van der Waals surface area (Å²) in [6, 6.07) is 16.3. The second-order valence-electron chi connectivity index (χ2n) is 3.96. The molecule has 96 valence electrons. The van der Waals surface area contributed by atoms with Gasteiger partial charge in [-0.3, -0.25) is 4.79 Å². The lowest BCUT2D eigenvalue weighted by Gasteiger charge is -2.01. The zero-order chi connectivity index (χ0) is 13.7. The predicted octanol–water partition coefficient (Wildman–Crippen LogP) is 4.16. The molecule has 0 bridgehead atoms. The van der Waals surface area contributed by atoms with Crippen LogP contribution < -0.4 is 4.74 Å². The molecule has 0 radical (unpaired) electrons. The number of ether oxygens (including phenoxy) is 1. The molecule has 0 N–H and O–H groups in total. The molecule has 0 heterocycles. The molecular weight excluding hydrogens is 260 g/mol. The van der Waals surface area contributed by atoms with E-state index in [1.165, 1.54) is 0 Å². The van der Waals surface area contributed by atoms with Crippen LogP contribution in [0.5, 0.6) is 5.75 Å². The molecule has 2 rings (SSSR count). The summed E-state index contributed by atoms with van der Waals surface area (Å²) in [4.78, 5) is 12.0. The predicted molar refractivity (Wildman–Crippen MR) is 77.6 cm³/mol. The number of benzene rings is 2. The van der Waals surface area contributed by atoms with Gasteiger partial charge in [-0.1, -0.05) is 54.1 Å². The van der Waals surface area contributed by atoms with Crippen molar-refractivity contribution in [1.29, 1.82) is 0 Å². The van der Waals surface area contributed by atoms with E-state index in [1.807, 2.05) is 42.5 Å². The number of rotatable bonds is 4. The minimum atomic E-state index is -0.182. The van der Waals surface area contributed by atoms with Crippen molar-refractivity contribution in [3.05, 3.63) is 70.8 Å². The molecule has 2 aromatic rings. The Kier molecular flexibility index (Phi) is 4.37. The van der Waals surface area contributed by atoms with Crippen LogP contribution in [0.4, 0.5) is 0 Å². The van der Waals surface area contributed by atoms with Crippen LogP contribution in [0.1, 0.15) is 15.9 Å². The van der Waals surface area contributed by atoms with Crippen LogP contribution in [0.3, 0.4) is 0 Å². The van der Waals surface area contributed by atoms with Crippen LogP contribution in [0.15, 0.2) is 59.6 Å². The van der Waals surface area contributed by atoms with Gasteiger partial charge >= 0.3 is 0 Å². The number of hydrogen-bond acceptors (Lipinski definition) is 2. The first-order valence-electron chi connectivity index (χ1n) is 5.81. The highest BCUT2D eigenvalue weighted by molar-refractivity contribution is 6.47. The fourth-order valence-electron chi connectivity index (χ4n) is 1.64. The topological polar surface area (TPSA) is 26.3 Å². The fourth-order valence-corrected chi connectivity index (χ4v) is 1.87. The summed E-state index contributed by atoms with van der Waals surface area (Å²) in [5.41, 5.74) is 1.44. The zero-order valence-electron chi connectivity index (χ0n) is 10.5. The monoisotopic (exact) mass is 272 g/mol. The molecule has 0 spiro atoms. The number of carbonyl (C=O) groups is 1. The standard InChI is InChI=1S/C16H13ClO2/c1-19-14-9-7-12(8-10-14)11-15(17)16(18)13-5-3-2-4-6-13/h2-11H,1H3/b15-11+. The molecule has 0 saturated heterocycles. The van der Waals surface area contributed by atoms with Crippen LogP contribution in [-0.2, 0) is 0 Å². The lowest BCUT2D eigenvalue weighted by Crippen LogP contribution is -1.98. The van der Waals surface area contributed by atoms with Crippen LogP contribution in [0, 0.1) is 0 Å². The average Bonchev–Trinajstić information content (AvgIpc) is 2.48. The second kappa shape index (κ2) is 6.21. The normalized spacial score (nSPS) is 11.2. The third-order valence-corrected chi connectivity index (χ3v) is 2.94. The first-order chi connectivity index (χ1) is 9.20. The van der Waals surface area contributed by atoms with Crippen LogP contribution in [0.2, 0.25) is 0 Å². The van der Waals surface area contributed by atoms with Crippen LogP contribution >= 0.6 is 11.6 Å². The Morgan fingerprint density at radius 3 is 2.26 bits per heavy atom. The zero-order valence-corrected chi connectivity index (χ0v) is 11.2. The number of halogens is 1. The Labute approximate surface area is 117 Å². The SMILES string of the molecule is COc1ccc(/C=C(/Cl)C(=O)c2ccccc2)cc1. The van der Waals surface area contributed by atoms with Crippen molar-refractivity contribution in [2.24, 2.45) is 0 Å². The van der Waals surface area contributed by atoms with Gasteiger partial charge in [0.1, 0.15) is 5.75 Å². The Morgan fingerprint density at radius 1 is 1.05 bits per heavy atom. The fraction of sp³-hybridized carbons (Fsp3) is 0.0625. The van der Waals surface area contributed by atoms with Crippen molar-refractivity contribution in [2.45, 2.75) is 0 Å². The molecule has 0 unspecified atom stereocenters. The van der Waals surface area contributed by atoms with E-state index in [0.717, 1.165) is 11.3 Å². The van der Waals surface area contributed by atoms with E-state index in [0.29, 0.717) is 5.56 Å². The maximum Gasteiger partial charge on any atom is 0.204 e. The summed E-state index contributed by atoms with van der Waals surface area (Å²) in [5.74, 6) is 0.584. The first-order valence-corrected chi connectivity index (χ1v) is 6.19. The largest absolute Gasteiger partial charge is 0.497 e. The van der Waals surface area contributed by atoms with Gasteiger partial charge in [0.05, 0.1) is 12.1 Å². The first kappa shape index (κ1) is 13.4. The van der Waals surface area contributed by atoms with Crippen molar-refractivity contribution < 1.29 is 9.53 Å². The molecule has 0 saturated carbocycles. The third-order valence-electron chi connectivity index (χ3n) is 2.66. The van der Waals surface area contributed by atoms with Crippen LogP contribution in [-0.4, -0.2) is 12.9 Å². The number of allylic oxidation sites excluding steroid dienone is 1. The van der Waals surface area contributed by atoms with Crippen molar-refractivity contribution in [3.63, 3.8) is 0 Å². The summed E-state index contributed by atoms with van der Waals surface area (Å²) in [7, 11) is 1.61. The summed E-state index contributed by atoms with van der Waals surface area (Å²) in [6.07, 6.45) is 1.65. The second-order valence-corrected chi connectivity index (χ2v) is 4.37. The van der Waals surface area contributed by atoms with Crippen molar-refractivity contribution in [2.75, 3.05) is 7.11 Å². The number of ketones is 1. The lowest BCUT2D eigenvalue weighted by atomic mass is 10.1. The minimum Gasteiger partial charge on any atom is -0.497 e. The third kappa shape index (κ3) is 3.46. The smallest absolute Gasteiger partial charge is 0.204 e. The summed E-state index contributed by atoms with van der Waals surface area (Å²) in [5, 5.41) is 0.191. The van der Waals surface area contributed by atoms with Gasteiger partial charge in [-0.25, -0.2) is 0 Å². The Hall–Kier alpha value is -2.06. The highest BCUT2D eigenvalue weighted by Gasteiger charge is 2.09. The Morgan fingerprint density at radius 2 is 1.68 bits per heavy atom. The molecule has 0 amide bonds. The molecule has 2 nitrogen and oxygen atoms in total. The number of carbonyl (C=O) groups excluding carboxylic acids is 1. The van der Waals surface area contributed by atoms with Crippen molar-refractivity contribution in [3.8, 4) is 5.75 Å². The van der Waals surface area contributed by atoms with E-state index in [-0.39, 0.29) is 10.8 Å². The van der Waals surface area contributed by atoms with Gasteiger partial charge in [0.25, 0.3) is 0 Å². The van der Waals surface area contributed by atoms with Gasteiger partial charge in [0, 0.05) is 5.56 Å². The van der Waals surface area contributed by atoms with E-state index in [2.05, 4.69) is 0 Å². The van der Waals surface area contributed by atoms with E-state index in [4.69, 9.17) is 16.3 Å². The molecule has 2 aromatic carbocycles. The van der Waals surface area contributed by atoms with E-state index >= 15 is 0 Å².